The van der Waals surface area contributed by atoms with E-state index in [1.165, 1.54) is 77.0 Å². The largest absolute Gasteiger partial charge is 0.370 e. The first-order chi connectivity index (χ1) is 16.7. The van der Waals surface area contributed by atoms with Crippen LogP contribution in [0.2, 0.25) is 0 Å². The second-order valence-electron chi connectivity index (χ2n) is 12.1. The molecule has 0 aromatic heterocycles. The van der Waals surface area contributed by atoms with E-state index in [0.29, 0.717) is 11.1 Å². The lowest BCUT2D eigenvalue weighted by atomic mass is 9.88. The first-order valence-corrected chi connectivity index (χ1v) is 15.0. The van der Waals surface area contributed by atoms with Gasteiger partial charge in [0.1, 0.15) is 0 Å². The standard InChI is InChI=1S/C31H58N2O2/c1-7-9-11-13-15-19-23-33(24-20-16-14-12-10-8-2)26-25-32(6)28-27(29(34)30(28)35)21-17-18-22-31(3,4)5/h7-26H2,1-6H3. The van der Waals surface area contributed by atoms with E-state index in [1.54, 1.807) is 0 Å². The third-order valence-electron chi connectivity index (χ3n) is 7.37. The maximum absolute atomic E-state index is 12.4. The van der Waals surface area contributed by atoms with Crippen LogP contribution in [0.15, 0.2) is 9.59 Å². The molecule has 0 unspecified atom stereocenters. The molecule has 0 spiro atoms. The van der Waals surface area contributed by atoms with Crippen LogP contribution in [-0.4, -0.2) is 38.1 Å². The molecule has 0 saturated carbocycles. The third kappa shape index (κ3) is 13.6. The molecule has 35 heavy (non-hydrogen) atoms. The maximum atomic E-state index is 12.4. The first kappa shape index (κ1) is 31.9. The summed E-state index contributed by atoms with van der Waals surface area (Å²) in [4.78, 5) is 29.3. The molecule has 0 aliphatic rings. The first-order valence-electron chi connectivity index (χ1n) is 15.0. The average Bonchev–Trinajstić information content (AvgIpc) is 2.81. The fraction of sp³-hybridized carbons (Fsp3) is 0.871. The van der Waals surface area contributed by atoms with Crippen molar-refractivity contribution in [2.24, 2.45) is 5.41 Å². The lowest BCUT2D eigenvalue weighted by molar-refractivity contribution is 0.265. The summed E-state index contributed by atoms with van der Waals surface area (Å²) in [6, 6.07) is 0. The Morgan fingerprint density at radius 1 is 0.600 bits per heavy atom. The van der Waals surface area contributed by atoms with Crippen molar-refractivity contribution in [1.29, 1.82) is 0 Å². The van der Waals surface area contributed by atoms with Crippen LogP contribution in [0.4, 0.5) is 5.69 Å². The van der Waals surface area contributed by atoms with E-state index >= 15 is 0 Å². The number of nitrogens with zero attached hydrogens (tertiary/aromatic N) is 2. The minimum absolute atomic E-state index is 0.237. The second-order valence-corrected chi connectivity index (χ2v) is 12.1. The molecule has 0 heterocycles. The highest BCUT2D eigenvalue weighted by Gasteiger charge is 2.24. The molecular weight excluding hydrogens is 432 g/mol. The molecule has 0 saturated heterocycles. The van der Waals surface area contributed by atoms with Crippen LogP contribution in [0.3, 0.4) is 0 Å². The Hall–Kier alpha value is -1.16. The molecule has 0 fully saturated rings. The number of hydrogen-bond acceptors (Lipinski definition) is 4. The Balaban J connectivity index is 2.54. The Kier molecular flexibility index (Phi) is 16.5. The number of hydrogen-bond donors (Lipinski definition) is 0. The molecular formula is C31H58N2O2. The molecule has 0 radical (unpaired) electrons. The van der Waals surface area contributed by atoms with E-state index in [-0.39, 0.29) is 10.9 Å². The number of unbranched alkanes of at least 4 members (excludes halogenated alkanes) is 11. The topological polar surface area (TPSA) is 40.6 Å². The van der Waals surface area contributed by atoms with Crippen LogP contribution in [-0.2, 0) is 6.42 Å². The van der Waals surface area contributed by atoms with Gasteiger partial charge in [-0.3, -0.25) is 9.59 Å². The molecule has 0 aliphatic heterocycles. The van der Waals surface area contributed by atoms with Gasteiger partial charge in [0.15, 0.2) is 0 Å². The highest BCUT2D eigenvalue weighted by Crippen LogP contribution is 2.23. The Morgan fingerprint density at radius 2 is 1.11 bits per heavy atom. The molecule has 0 aliphatic carbocycles. The van der Waals surface area contributed by atoms with E-state index in [1.807, 2.05) is 7.05 Å². The summed E-state index contributed by atoms with van der Waals surface area (Å²) in [7, 11) is 2.00. The SMILES string of the molecule is CCCCCCCCN(CCCCCCCC)CCN(C)c1c(CCCCC(C)(C)C)c(=O)c1=O. The highest BCUT2D eigenvalue weighted by atomic mass is 16.2. The summed E-state index contributed by atoms with van der Waals surface area (Å²) in [5, 5.41) is 0. The lowest BCUT2D eigenvalue weighted by Gasteiger charge is -2.28. The van der Waals surface area contributed by atoms with Gasteiger partial charge in [-0.2, -0.15) is 0 Å². The van der Waals surface area contributed by atoms with Crippen molar-refractivity contribution >= 4 is 5.69 Å². The molecule has 1 aromatic rings. The average molecular weight is 491 g/mol. The van der Waals surface area contributed by atoms with Gasteiger partial charge in [0.05, 0.1) is 5.69 Å². The normalized spacial score (nSPS) is 12.2. The number of rotatable bonds is 22. The quantitative estimate of drug-likeness (QED) is 0.125. The summed E-state index contributed by atoms with van der Waals surface area (Å²) in [6.07, 6.45) is 19.9. The zero-order chi connectivity index (χ0) is 26.1. The van der Waals surface area contributed by atoms with Gasteiger partial charge in [0.25, 0.3) is 0 Å². The van der Waals surface area contributed by atoms with Gasteiger partial charge >= 0.3 is 0 Å². The Labute approximate surface area is 217 Å². The molecule has 1 aromatic carbocycles. The predicted octanol–water partition coefficient (Wildman–Crippen LogP) is 7.50. The zero-order valence-corrected chi connectivity index (χ0v) is 24.4. The molecule has 0 amide bonds. The third-order valence-corrected chi connectivity index (χ3v) is 7.37. The Morgan fingerprint density at radius 3 is 1.63 bits per heavy atom. The van der Waals surface area contributed by atoms with Crippen molar-refractivity contribution < 1.29 is 0 Å². The fourth-order valence-corrected chi connectivity index (χ4v) is 4.99. The van der Waals surface area contributed by atoms with Crippen LogP contribution >= 0.6 is 0 Å². The Bertz CT molecular complexity index is 711. The van der Waals surface area contributed by atoms with Crippen molar-refractivity contribution in [2.75, 3.05) is 38.1 Å². The van der Waals surface area contributed by atoms with Crippen LogP contribution in [0.25, 0.3) is 0 Å². The molecule has 1 rings (SSSR count). The summed E-state index contributed by atoms with van der Waals surface area (Å²) < 4.78 is 0. The van der Waals surface area contributed by atoms with Crippen molar-refractivity contribution in [2.45, 2.75) is 137 Å². The summed E-state index contributed by atoms with van der Waals surface area (Å²) in [6.45, 7) is 15.4. The maximum Gasteiger partial charge on any atom is 0.249 e. The van der Waals surface area contributed by atoms with Crippen LogP contribution in [0.5, 0.6) is 0 Å². The van der Waals surface area contributed by atoms with Gasteiger partial charge in [-0.25, -0.2) is 0 Å². The summed E-state index contributed by atoms with van der Waals surface area (Å²) in [5.41, 5.74) is 1.30. The lowest BCUT2D eigenvalue weighted by Crippen LogP contribution is -2.44. The molecule has 0 N–H and O–H groups in total. The van der Waals surface area contributed by atoms with Gasteiger partial charge in [0.2, 0.25) is 10.9 Å². The van der Waals surface area contributed by atoms with Crippen LogP contribution in [0, 0.1) is 5.41 Å². The van der Waals surface area contributed by atoms with Crippen LogP contribution in [0.1, 0.15) is 136 Å². The van der Waals surface area contributed by atoms with Crippen molar-refractivity contribution in [1.82, 2.24) is 4.90 Å². The highest BCUT2D eigenvalue weighted by molar-refractivity contribution is 5.58. The van der Waals surface area contributed by atoms with Gasteiger partial charge < -0.3 is 9.80 Å². The molecule has 4 heteroatoms. The fourth-order valence-electron chi connectivity index (χ4n) is 4.99. The smallest absolute Gasteiger partial charge is 0.249 e. The van der Waals surface area contributed by atoms with Gasteiger partial charge in [-0.05, 0) is 50.6 Å². The molecule has 204 valence electrons. The van der Waals surface area contributed by atoms with E-state index < -0.39 is 0 Å². The number of anilines is 1. The van der Waals surface area contributed by atoms with Crippen molar-refractivity contribution in [3.05, 3.63) is 26.0 Å². The van der Waals surface area contributed by atoms with E-state index in [9.17, 15) is 9.59 Å². The van der Waals surface area contributed by atoms with Gasteiger partial charge in [0, 0.05) is 25.7 Å². The van der Waals surface area contributed by atoms with Gasteiger partial charge in [-0.15, -0.1) is 0 Å². The van der Waals surface area contributed by atoms with Crippen molar-refractivity contribution in [3.63, 3.8) is 0 Å². The molecule has 0 atom stereocenters. The minimum Gasteiger partial charge on any atom is -0.370 e. The summed E-state index contributed by atoms with van der Waals surface area (Å²) in [5.74, 6) is 0. The van der Waals surface area contributed by atoms with Gasteiger partial charge in [-0.1, -0.05) is 105 Å². The monoisotopic (exact) mass is 490 g/mol. The van der Waals surface area contributed by atoms with E-state index in [0.717, 1.165) is 57.4 Å². The summed E-state index contributed by atoms with van der Waals surface area (Å²) >= 11 is 0. The molecule has 4 nitrogen and oxygen atoms in total. The van der Waals surface area contributed by atoms with Crippen LogP contribution < -0.4 is 15.8 Å². The zero-order valence-electron chi connectivity index (χ0n) is 24.4. The predicted molar refractivity (Wildman–Crippen MR) is 155 cm³/mol. The van der Waals surface area contributed by atoms with E-state index in [4.69, 9.17) is 0 Å². The second kappa shape index (κ2) is 18.1. The minimum atomic E-state index is -0.267. The number of likely N-dealkylation sites (N-methyl/N-ethyl adjacent to an activating group) is 1. The molecule has 0 bridgehead atoms. The van der Waals surface area contributed by atoms with E-state index in [2.05, 4.69) is 44.4 Å². The van der Waals surface area contributed by atoms with Crippen molar-refractivity contribution in [3.8, 4) is 0 Å².